The summed E-state index contributed by atoms with van der Waals surface area (Å²) in [5, 5.41) is 3.27. The van der Waals surface area contributed by atoms with Crippen molar-refractivity contribution in [2.75, 3.05) is 18.1 Å². The van der Waals surface area contributed by atoms with Crippen LogP contribution in [0, 0.1) is 0 Å². The summed E-state index contributed by atoms with van der Waals surface area (Å²) in [6.07, 6.45) is 4.18. The predicted octanol–water partition coefficient (Wildman–Crippen LogP) is 5.30. The standard InChI is InChI=1S/C29H30N2O3/c1-4-33-26-18-21(14-15-25(26)34-20-22-10-6-5-7-11-22)16-17-29-28(2,3)23-12-8-9-13-24(23)31(29)19-27(32)30-29/h5-18H,4,19-20H2,1-3H3,(H,30,32)/b17-16+/t29-/m0/s1. The van der Waals surface area contributed by atoms with Crippen molar-refractivity contribution in [2.24, 2.45) is 0 Å². The number of carbonyl (C=O) groups excluding carboxylic acids is 1. The van der Waals surface area contributed by atoms with Crippen molar-refractivity contribution in [3.8, 4) is 11.5 Å². The number of amides is 1. The molecule has 1 saturated heterocycles. The van der Waals surface area contributed by atoms with E-state index in [-0.39, 0.29) is 11.3 Å². The number of nitrogens with zero attached hydrogens (tertiary/aromatic N) is 1. The van der Waals surface area contributed by atoms with Gasteiger partial charge in [-0.15, -0.1) is 0 Å². The molecule has 1 fully saturated rings. The molecule has 3 aromatic carbocycles. The molecule has 0 unspecified atom stereocenters. The normalized spacial score (nSPS) is 20.2. The van der Waals surface area contributed by atoms with Crippen molar-refractivity contribution in [1.29, 1.82) is 0 Å². The molecule has 0 bridgehead atoms. The number of nitrogens with one attached hydrogen (secondary N) is 1. The average molecular weight is 455 g/mol. The van der Waals surface area contributed by atoms with E-state index in [1.165, 1.54) is 5.56 Å². The van der Waals surface area contributed by atoms with Crippen molar-refractivity contribution in [3.63, 3.8) is 0 Å². The van der Waals surface area contributed by atoms with E-state index in [1.54, 1.807) is 0 Å². The lowest BCUT2D eigenvalue weighted by Gasteiger charge is -2.40. The molecule has 5 heteroatoms. The van der Waals surface area contributed by atoms with E-state index in [9.17, 15) is 4.79 Å². The number of para-hydroxylation sites is 1. The van der Waals surface area contributed by atoms with Gasteiger partial charge < -0.3 is 19.7 Å². The SMILES string of the molecule is CCOc1cc(/C=C/[C@]23NC(=O)CN2c2ccccc2C3(C)C)ccc1OCc1ccccc1. The van der Waals surface area contributed by atoms with Gasteiger partial charge in [0.05, 0.1) is 13.2 Å². The van der Waals surface area contributed by atoms with Crippen LogP contribution < -0.4 is 19.7 Å². The minimum absolute atomic E-state index is 0.0342. The Bertz CT molecular complexity index is 1240. The van der Waals surface area contributed by atoms with Crippen LogP contribution in [0.1, 0.15) is 37.5 Å². The van der Waals surface area contributed by atoms with Crippen LogP contribution >= 0.6 is 0 Å². The molecule has 174 valence electrons. The summed E-state index contributed by atoms with van der Waals surface area (Å²) in [5.74, 6) is 1.46. The van der Waals surface area contributed by atoms with Gasteiger partial charge in [-0.3, -0.25) is 4.79 Å². The maximum Gasteiger partial charge on any atom is 0.241 e. The number of rotatable bonds is 7. The summed E-state index contributed by atoms with van der Waals surface area (Å²) in [4.78, 5) is 14.7. The lowest BCUT2D eigenvalue weighted by Crippen LogP contribution is -2.58. The number of carbonyl (C=O) groups is 1. The first-order valence-corrected chi connectivity index (χ1v) is 11.8. The lowest BCUT2D eigenvalue weighted by molar-refractivity contribution is -0.118. The zero-order valence-corrected chi connectivity index (χ0v) is 19.9. The van der Waals surface area contributed by atoms with Gasteiger partial charge in [0.15, 0.2) is 11.5 Å². The number of hydrogen-bond acceptors (Lipinski definition) is 4. The Kier molecular flexibility index (Phi) is 5.56. The number of hydrogen-bond donors (Lipinski definition) is 1. The summed E-state index contributed by atoms with van der Waals surface area (Å²) >= 11 is 0. The van der Waals surface area contributed by atoms with E-state index in [1.807, 2.05) is 61.5 Å². The highest BCUT2D eigenvalue weighted by Crippen LogP contribution is 2.52. The molecule has 3 aromatic rings. The van der Waals surface area contributed by atoms with Crippen molar-refractivity contribution >= 4 is 17.7 Å². The van der Waals surface area contributed by atoms with Crippen LogP contribution in [0.25, 0.3) is 6.08 Å². The molecular formula is C29H30N2O3. The second-order valence-electron chi connectivity index (χ2n) is 9.29. The molecule has 5 nitrogen and oxygen atoms in total. The van der Waals surface area contributed by atoms with Crippen molar-refractivity contribution in [1.82, 2.24) is 5.32 Å². The number of benzene rings is 3. The molecule has 0 spiro atoms. The van der Waals surface area contributed by atoms with Gasteiger partial charge in [-0.1, -0.05) is 74.5 Å². The molecule has 0 aliphatic carbocycles. The minimum atomic E-state index is -0.623. The summed E-state index contributed by atoms with van der Waals surface area (Å²) in [6.45, 7) is 7.72. The fourth-order valence-electron chi connectivity index (χ4n) is 5.11. The van der Waals surface area contributed by atoms with Crippen molar-refractivity contribution in [3.05, 3.63) is 95.6 Å². The van der Waals surface area contributed by atoms with E-state index in [0.29, 0.717) is 31.3 Å². The third kappa shape index (κ3) is 3.61. The molecule has 2 aliphatic heterocycles. The Hall–Kier alpha value is -3.73. The second-order valence-corrected chi connectivity index (χ2v) is 9.29. The molecule has 5 rings (SSSR count). The van der Waals surface area contributed by atoms with Crippen molar-refractivity contribution in [2.45, 2.75) is 38.5 Å². The Morgan fingerprint density at radius 2 is 1.74 bits per heavy atom. The highest BCUT2D eigenvalue weighted by Gasteiger charge is 2.59. The molecule has 34 heavy (non-hydrogen) atoms. The molecule has 0 aromatic heterocycles. The van der Waals surface area contributed by atoms with Crippen LogP contribution in [0.4, 0.5) is 5.69 Å². The summed E-state index contributed by atoms with van der Waals surface area (Å²) < 4.78 is 11.9. The fourth-order valence-corrected chi connectivity index (χ4v) is 5.11. The van der Waals surface area contributed by atoms with Gasteiger partial charge in [-0.25, -0.2) is 0 Å². The highest BCUT2D eigenvalue weighted by atomic mass is 16.5. The Labute approximate surface area is 201 Å². The van der Waals surface area contributed by atoms with E-state index < -0.39 is 5.66 Å². The summed E-state index contributed by atoms with van der Waals surface area (Å²) in [6, 6.07) is 24.4. The molecule has 0 saturated carbocycles. The predicted molar refractivity (Wildman–Crippen MR) is 135 cm³/mol. The Morgan fingerprint density at radius 1 is 0.971 bits per heavy atom. The van der Waals surface area contributed by atoms with Crippen LogP contribution in [-0.4, -0.2) is 24.7 Å². The highest BCUT2D eigenvalue weighted by molar-refractivity contribution is 5.91. The first kappa shape index (κ1) is 22.1. The van der Waals surface area contributed by atoms with Crippen LogP contribution in [0.5, 0.6) is 11.5 Å². The van der Waals surface area contributed by atoms with E-state index in [2.05, 4.69) is 54.4 Å². The molecule has 0 radical (unpaired) electrons. The van der Waals surface area contributed by atoms with Gasteiger partial charge >= 0.3 is 0 Å². The van der Waals surface area contributed by atoms with Crippen molar-refractivity contribution < 1.29 is 14.3 Å². The molecular weight excluding hydrogens is 424 g/mol. The van der Waals surface area contributed by atoms with E-state index >= 15 is 0 Å². The molecule has 2 aliphatic rings. The quantitative estimate of drug-likeness (QED) is 0.526. The van der Waals surface area contributed by atoms with Crippen LogP contribution in [-0.2, 0) is 16.8 Å². The van der Waals surface area contributed by atoms with Gasteiger partial charge in [-0.05, 0) is 47.9 Å². The molecule has 1 N–H and O–H groups in total. The first-order valence-electron chi connectivity index (χ1n) is 11.8. The first-order chi connectivity index (χ1) is 16.4. The topological polar surface area (TPSA) is 50.8 Å². The lowest BCUT2D eigenvalue weighted by atomic mass is 9.75. The van der Waals surface area contributed by atoms with Crippen LogP contribution in [0.15, 0.2) is 78.9 Å². The zero-order valence-electron chi connectivity index (χ0n) is 19.9. The molecule has 1 amide bonds. The fraction of sp³-hybridized carbons (Fsp3) is 0.276. The number of ether oxygens (including phenoxy) is 2. The summed E-state index contributed by atoms with van der Waals surface area (Å²) in [7, 11) is 0. The number of anilines is 1. The average Bonchev–Trinajstić information content (AvgIpc) is 3.28. The largest absolute Gasteiger partial charge is 0.490 e. The van der Waals surface area contributed by atoms with Gasteiger partial charge in [0.25, 0.3) is 0 Å². The smallest absolute Gasteiger partial charge is 0.241 e. The molecule has 2 heterocycles. The van der Waals surface area contributed by atoms with Crippen LogP contribution in [0.3, 0.4) is 0 Å². The second kappa shape index (κ2) is 8.56. The maximum absolute atomic E-state index is 12.5. The minimum Gasteiger partial charge on any atom is -0.490 e. The Balaban J connectivity index is 1.44. The van der Waals surface area contributed by atoms with Gasteiger partial charge in [0.1, 0.15) is 12.3 Å². The van der Waals surface area contributed by atoms with E-state index in [4.69, 9.17) is 9.47 Å². The van der Waals surface area contributed by atoms with Crippen LogP contribution in [0.2, 0.25) is 0 Å². The van der Waals surface area contributed by atoms with Gasteiger partial charge in [0, 0.05) is 11.1 Å². The van der Waals surface area contributed by atoms with Gasteiger partial charge in [0.2, 0.25) is 5.91 Å². The third-order valence-electron chi connectivity index (χ3n) is 6.90. The monoisotopic (exact) mass is 454 g/mol. The zero-order chi connectivity index (χ0) is 23.8. The van der Waals surface area contributed by atoms with E-state index in [0.717, 1.165) is 16.8 Å². The maximum atomic E-state index is 12.5. The Morgan fingerprint density at radius 3 is 2.53 bits per heavy atom. The molecule has 1 atom stereocenters. The number of fused-ring (bicyclic) bond motifs is 3. The van der Waals surface area contributed by atoms with Gasteiger partial charge in [-0.2, -0.15) is 0 Å². The summed E-state index contributed by atoms with van der Waals surface area (Å²) in [5.41, 5.74) is 3.51. The third-order valence-corrected chi connectivity index (χ3v) is 6.90.